The first-order valence-corrected chi connectivity index (χ1v) is 8.85. The maximum absolute atomic E-state index is 5.63. The predicted molar refractivity (Wildman–Crippen MR) is 104 cm³/mol. The normalized spacial score (nSPS) is 15.1. The molecule has 1 aromatic carbocycles. The second kappa shape index (κ2) is 8.19. The van der Waals surface area contributed by atoms with E-state index in [1.54, 1.807) is 7.11 Å². The fourth-order valence-corrected chi connectivity index (χ4v) is 3.18. The van der Waals surface area contributed by atoms with Crippen LogP contribution in [0.4, 0.5) is 11.4 Å². The van der Waals surface area contributed by atoms with E-state index < -0.39 is 0 Å². The molecule has 3 rings (SSSR count). The highest BCUT2D eigenvalue weighted by molar-refractivity contribution is 5.96. The van der Waals surface area contributed by atoms with Crippen LogP contribution in [-0.2, 0) is 11.8 Å². The van der Waals surface area contributed by atoms with Crippen LogP contribution in [0.15, 0.2) is 47.7 Å². The van der Waals surface area contributed by atoms with Gasteiger partial charge in [-0.1, -0.05) is 0 Å². The number of hydrazone groups is 1. The first kappa shape index (κ1) is 18.2. The SMILES string of the molecule is COc1cc(N2CCOCC2)ccc1N(C)/N=C(\C)c1cccc[n+]1C. The summed E-state index contributed by atoms with van der Waals surface area (Å²) in [6, 6.07) is 12.3. The van der Waals surface area contributed by atoms with Crippen LogP contribution in [0.5, 0.6) is 5.75 Å². The average molecular weight is 355 g/mol. The van der Waals surface area contributed by atoms with Crippen LogP contribution >= 0.6 is 0 Å². The van der Waals surface area contributed by atoms with Crippen LogP contribution in [0.2, 0.25) is 0 Å². The lowest BCUT2D eigenvalue weighted by atomic mass is 10.2. The van der Waals surface area contributed by atoms with Crippen molar-refractivity contribution in [2.24, 2.45) is 12.1 Å². The van der Waals surface area contributed by atoms with Crippen LogP contribution in [-0.4, -0.2) is 46.2 Å². The molecule has 0 radical (unpaired) electrons. The van der Waals surface area contributed by atoms with Gasteiger partial charge in [-0.3, -0.25) is 5.01 Å². The van der Waals surface area contributed by atoms with Crippen LogP contribution < -0.4 is 19.2 Å². The van der Waals surface area contributed by atoms with Gasteiger partial charge < -0.3 is 14.4 Å². The summed E-state index contributed by atoms with van der Waals surface area (Å²) >= 11 is 0. The smallest absolute Gasteiger partial charge is 0.228 e. The predicted octanol–water partition coefficient (Wildman–Crippen LogP) is 2.22. The van der Waals surface area contributed by atoms with Crippen LogP contribution in [0, 0.1) is 0 Å². The van der Waals surface area contributed by atoms with Gasteiger partial charge in [-0.2, -0.15) is 9.67 Å². The maximum atomic E-state index is 5.63. The standard InChI is InChI=1S/C20H27N4O2/c1-16(18-7-5-6-10-22(18)2)21-23(3)19-9-8-17(15-20(19)25-4)24-11-13-26-14-12-24/h5-10,15H,11-14H2,1-4H3/q+1. The number of hydrogen-bond acceptors (Lipinski definition) is 5. The molecular weight excluding hydrogens is 328 g/mol. The summed E-state index contributed by atoms with van der Waals surface area (Å²) in [6.07, 6.45) is 2.02. The minimum Gasteiger partial charge on any atom is -0.494 e. The lowest BCUT2D eigenvalue weighted by Crippen LogP contribution is -2.36. The molecule has 0 saturated carbocycles. The van der Waals surface area contributed by atoms with Crippen molar-refractivity contribution in [1.82, 2.24) is 0 Å². The quantitative estimate of drug-likeness (QED) is 0.468. The van der Waals surface area contributed by atoms with Gasteiger partial charge in [0.25, 0.3) is 0 Å². The van der Waals surface area contributed by atoms with Gasteiger partial charge in [-0.15, -0.1) is 0 Å². The van der Waals surface area contributed by atoms with Crippen LogP contribution in [0.3, 0.4) is 0 Å². The third kappa shape index (κ3) is 3.96. The highest BCUT2D eigenvalue weighted by Gasteiger charge is 2.16. The molecule has 2 aromatic rings. The van der Waals surface area contributed by atoms with Crippen molar-refractivity contribution in [3.8, 4) is 5.75 Å². The first-order chi connectivity index (χ1) is 12.6. The number of rotatable bonds is 5. The summed E-state index contributed by atoms with van der Waals surface area (Å²) in [4.78, 5) is 2.31. The number of pyridine rings is 1. The van der Waals surface area contributed by atoms with Gasteiger partial charge in [0.15, 0.2) is 6.20 Å². The summed E-state index contributed by atoms with van der Waals surface area (Å²) in [5.74, 6) is 0.811. The topological polar surface area (TPSA) is 41.2 Å². The molecule has 1 saturated heterocycles. The zero-order chi connectivity index (χ0) is 18.5. The molecule has 138 valence electrons. The Morgan fingerprint density at radius 3 is 2.69 bits per heavy atom. The first-order valence-electron chi connectivity index (χ1n) is 8.85. The van der Waals surface area contributed by atoms with E-state index in [1.807, 2.05) is 44.4 Å². The van der Waals surface area contributed by atoms with Crippen molar-refractivity contribution in [3.05, 3.63) is 48.3 Å². The molecule has 1 aliphatic heterocycles. The molecule has 1 fully saturated rings. The fourth-order valence-electron chi connectivity index (χ4n) is 3.18. The molecule has 0 unspecified atom stereocenters. The molecule has 26 heavy (non-hydrogen) atoms. The number of aromatic nitrogens is 1. The van der Waals surface area contributed by atoms with E-state index in [4.69, 9.17) is 14.6 Å². The Bertz CT molecular complexity index is 785. The van der Waals surface area contributed by atoms with Gasteiger partial charge in [-0.05, 0) is 25.1 Å². The second-order valence-electron chi connectivity index (χ2n) is 6.36. The van der Waals surface area contributed by atoms with E-state index >= 15 is 0 Å². The Hall–Kier alpha value is -2.60. The number of benzene rings is 1. The third-order valence-corrected chi connectivity index (χ3v) is 4.61. The minimum atomic E-state index is 0.765. The Morgan fingerprint density at radius 1 is 1.23 bits per heavy atom. The number of aryl methyl sites for hydroxylation is 1. The Labute approximate surface area is 155 Å². The van der Waals surface area contributed by atoms with Gasteiger partial charge in [0.1, 0.15) is 24.2 Å². The summed E-state index contributed by atoms with van der Waals surface area (Å²) in [7, 11) is 5.66. The van der Waals surface area contributed by atoms with Crippen LogP contribution in [0.1, 0.15) is 12.6 Å². The number of methoxy groups -OCH3 is 1. The molecule has 0 atom stereocenters. The number of nitrogens with zero attached hydrogens (tertiary/aromatic N) is 4. The molecule has 0 spiro atoms. The highest BCUT2D eigenvalue weighted by Crippen LogP contribution is 2.32. The molecule has 0 N–H and O–H groups in total. The third-order valence-electron chi connectivity index (χ3n) is 4.61. The van der Waals surface area contributed by atoms with Crippen molar-refractivity contribution in [3.63, 3.8) is 0 Å². The van der Waals surface area contributed by atoms with E-state index in [2.05, 4.69) is 33.7 Å². The van der Waals surface area contributed by atoms with Gasteiger partial charge in [0.05, 0.1) is 20.3 Å². The lowest BCUT2D eigenvalue weighted by Gasteiger charge is -2.29. The molecule has 6 nitrogen and oxygen atoms in total. The fraction of sp³-hybridized carbons (Fsp3) is 0.400. The molecule has 0 aliphatic carbocycles. The van der Waals surface area contributed by atoms with Gasteiger partial charge in [-0.25, -0.2) is 0 Å². The zero-order valence-corrected chi connectivity index (χ0v) is 16.0. The molecule has 2 heterocycles. The Balaban J connectivity index is 1.85. The van der Waals surface area contributed by atoms with Gasteiger partial charge in [0.2, 0.25) is 5.69 Å². The van der Waals surface area contributed by atoms with Crippen molar-refractivity contribution in [2.45, 2.75) is 6.92 Å². The van der Waals surface area contributed by atoms with E-state index in [0.717, 1.165) is 54.8 Å². The number of ether oxygens (including phenoxy) is 2. The number of hydrogen-bond donors (Lipinski definition) is 0. The summed E-state index contributed by atoms with van der Waals surface area (Å²) in [6.45, 7) is 5.35. The van der Waals surface area contributed by atoms with Crippen LogP contribution in [0.25, 0.3) is 0 Å². The van der Waals surface area contributed by atoms with Crippen molar-refractivity contribution in [2.75, 3.05) is 50.4 Å². The molecule has 1 aliphatic rings. The summed E-state index contributed by atoms with van der Waals surface area (Å²) in [5, 5.41) is 6.61. The van der Waals surface area contributed by atoms with Gasteiger partial charge in [0, 0.05) is 44.0 Å². The molecule has 1 aromatic heterocycles. The minimum absolute atomic E-state index is 0.765. The van der Waals surface area contributed by atoms with Crippen molar-refractivity contribution < 1.29 is 14.0 Å². The highest BCUT2D eigenvalue weighted by atomic mass is 16.5. The molecule has 0 bridgehead atoms. The Kier molecular flexibility index (Phi) is 5.73. The van der Waals surface area contributed by atoms with E-state index in [-0.39, 0.29) is 0 Å². The van der Waals surface area contributed by atoms with Crippen molar-refractivity contribution in [1.29, 1.82) is 0 Å². The Morgan fingerprint density at radius 2 is 2.00 bits per heavy atom. The lowest BCUT2D eigenvalue weighted by molar-refractivity contribution is -0.672. The van der Waals surface area contributed by atoms with Gasteiger partial charge >= 0.3 is 0 Å². The number of anilines is 2. The largest absolute Gasteiger partial charge is 0.494 e. The van der Waals surface area contributed by atoms with E-state index in [1.165, 1.54) is 0 Å². The van der Waals surface area contributed by atoms with E-state index in [9.17, 15) is 0 Å². The maximum Gasteiger partial charge on any atom is 0.228 e. The van der Waals surface area contributed by atoms with Crippen molar-refractivity contribution >= 4 is 17.1 Å². The molecule has 0 amide bonds. The van der Waals surface area contributed by atoms with E-state index in [0.29, 0.717) is 0 Å². The monoisotopic (exact) mass is 355 g/mol. The second-order valence-corrected chi connectivity index (χ2v) is 6.36. The molecule has 6 heteroatoms. The summed E-state index contributed by atoms with van der Waals surface area (Å²) < 4.78 is 13.1. The average Bonchev–Trinajstić information content (AvgIpc) is 2.68. The number of morpholine rings is 1. The molecular formula is C20H27N4O2+. The summed E-state index contributed by atoms with van der Waals surface area (Å²) in [5.41, 5.74) is 4.10. The zero-order valence-electron chi connectivity index (χ0n) is 16.0.